The van der Waals surface area contributed by atoms with Crippen LogP contribution < -0.4 is 5.32 Å². The van der Waals surface area contributed by atoms with E-state index in [0.717, 1.165) is 19.4 Å². The first-order valence-corrected chi connectivity index (χ1v) is 7.36. The van der Waals surface area contributed by atoms with E-state index < -0.39 is 0 Å². The molecule has 0 aromatic heterocycles. The Labute approximate surface area is 117 Å². The van der Waals surface area contributed by atoms with Gasteiger partial charge in [-0.25, -0.2) is 0 Å². The molecule has 1 aliphatic rings. The third kappa shape index (κ3) is 3.93. The molecule has 3 heteroatoms. The van der Waals surface area contributed by atoms with E-state index in [2.05, 4.69) is 66.0 Å². The zero-order valence-corrected chi connectivity index (χ0v) is 12.6. The van der Waals surface area contributed by atoms with Gasteiger partial charge in [-0.3, -0.25) is 0 Å². The lowest BCUT2D eigenvalue weighted by Gasteiger charge is -2.30. The summed E-state index contributed by atoms with van der Waals surface area (Å²) >= 11 is 2.34. The Morgan fingerprint density at radius 1 is 1.35 bits per heavy atom. The van der Waals surface area contributed by atoms with Crippen molar-refractivity contribution in [3.63, 3.8) is 0 Å². The Morgan fingerprint density at radius 2 is 2.06 bits per heavy atom. The summed E-state index contributed by atoms with van der Waals surface area (Å²) in [7, 11) is 0. The van der Waals surface area contributed by atoms with E-state index in [-0.39, 0.29) is 0 Å². The summed E-state index contributed by atoms with van der Waals surface area (Å²) in [6.07, 6.45) is 2.64. The molecule has 1 aromatic rings. The van der Waals surface area contributed by atoms with Crippen LogP contribution in [-0.4, -0.2) is 18.8 Å². The molecular formula is C14H20INO. The van der Waals surface area contributed by atoms with Gasteiger partial charge in [0.05, 0.1) is 6.10 Å². The highest BCUT2D eigenvalue weighted by Gasteiger charge is 2.20. The maximum absolute atomic E-state index is 5.57. The van der Waals surface area contributed by atoms with Crippen LogP contribution in [0.2, 0.25) is 0 Å². The summed E-state index contributed by atoms with van der Waals surface area (Å²) in [4.78, 5) is 0. The number of hydrogen-bond donors (Lipinski definition) is 1. The monoisotopic (exact) mass is 345 g/mol. The van der Waals surface area contributed by atoms with Crippen LogP contribution in [0.4, 0.5) is 0 Å². The molecule has 0 spiro atoms. The third-order valence-electron chi connectivity index (χ3n) is 3.34. The van der Waals surface area contributed by atoms with Crippen molar-refractivity contribution in [2.45, 2.75) is 44.9 Å². The lowest BCUT2D eigenvalue weighted by atomic mass is 10.0. The molecule has 1 aromatic carbocycles. The number of nitrogens with one attached hydrogen (secondary N) is 1. The average Bonchev–Trinajstić information content (AvgIpc) is 2.29. The maximum atomic E-state index is 5.57. The van der Waals surface area contributed by atoms with Gasteiger partial charge < -0.3 is 10.1 Å². The van der Waals surface area contributed by atoms with Crippen LogP contribution >= 0.6 is 22.6 Å². The van der Waals surface area contributed by atoms with Crippen LogP contribution in [0.3, 0.4) is 0 Å². The van der Waals surface area contributed by atoms with E-state index in [4.69, 9.17) is 4.74 Å². The topological polar surface area (TPSA) is 21.3 Å². The molecule has 0 radical (unpaired) electrons. The van der Waals surface area contributed by atoms with Crippen LogP contribution in [0.5, 0.6) is 0 Å². The molecule has 3 atom stereocenters. The van der Waals surface area contributed by atoms with E-state index in [1.54, 1.807) is 0 Å². The molecule has 1 aliphatic heterocycles. The molecule has 1 fully saturated rings. The Balaban J connectivity index is 1.91. The molecule has 94 valence electrons. The molecule has 2 rings (SSSR count). The molecule has 1 heterocycles. The number of rotatable bonds is 3. The fourth-order valence-electron chi connectivity index (χ4n) is 2.35. The minimum atomic E-state index is 0.394. The molecule has 17 heavy (non-hydrogen) atoms. The van der Waals surface area contributed by atoms with Gasteiger partial charge in [0.25, 0.3) is 0 Å². The van der Waals surface area contributed by atoms with Crippen LogP contribution in [0.15, 0.2) is 24.3 Å². The predicted octanol–water partition coefficient (Wildman–Crippen LogP) is 3.51. The van der Waals surface area contributed by atoms with Crippen molar-refractivity contribution in [2.75, 3.05) is 6.61 Å². The van der Waals surface area contributed by atoms with Gasteiger partial charge in [0.2, 0.25) is 0 Å². The fourth-order valence-corrected chi connectivity index (χ4v) is 2.71. The van der Waals surface area contributed by atoms with Crippen molar-refractivity contribution in [1.82, 2.24) is 5.32 Å². The zero-order chi connectivity index (χ0) is 12.3. The van der Waals surface area contributed by atoms with Crippen LogP contribution in [0.1, 0.15) is 38.3 Å². The lowest BCUT2D eigenvalue weighted by molar-refractivity contribution is 0.0116. The van der Waals surface area contributed by atoms with Crippen molar-refractivity contribution in [3.05, 3.63) is 33.4 Å². The minimum absolute atomic E-state index is 0.394. The molecule has 0 bridgehead atoms. The Bertz CT molecular complexity index is 352. The van der Waals surface area contributed by atoms with Crippen molar-refractivity contribution < 1.29 is 4.74 Å². The highest BCUT2D eigenvalue weighted by molar-refractivity contribution is 14.1. The predicted molar refractivity (Wildman–Crippen MR) is 79.1 cm³/mol. The van der Waals surface area contributed by atoms with E-state index in [9.17, 15) is 0 Å². The standard InChI is InChI=1S/C14H20INO/c1-10-9-14(7-8-17-10)16-11(2)12-3-5-13(15)6-4-12/h3-6,10-11,14,16H,7-9H2,1-2H3. The third-order valence-corrected chi connectivity index (χ3v) is 4.06. The van der Waals surface area contributed by atoms with Gasteiger partial charge in [-0.1, -0.05) is 12.1 Å². The summed E-state index contributed by atoms with van der Waals surface area (Å²) < 4.78 is 6.86. The van der Waals surface area contributed by atoms with Crippen LogP contribution in [-0.2, 0) is 4.74 Å². The molecule has 0 aliphatic carbocycles. The van der Waals surface area contributed by atoms with Gasteiger partial charge in [0.1, 0.15) is 0 Å². The number of ether oxygens (including phenoxy) is 1. The Hall–Kier alpha value is -0.130. The first-order valence-electron chi connectivity index (χ1n) is 6.28. The fraction of sp³-hybridized carbons (Fsp3) is 0.571. The SMILES string of the molecule is CC1CC(NC(C)c2ccc(I)cc2)CCO1. The molecule has 3 unspecified atom stereocenters. The molecular weight excluding hydrogens is 325 g/mol. The maximum Gasteiger partial charge on any atom is 0.0561 e. The first-order chi connectivity index (χ1) is 8.15. The number of benzene rings is 1. The second-order valence-electron chi connectivity index (χ2n) is 4.84. The summed E-state index contributed by atoms with van der Waals surface area (Å²) in [6.45, 7) is 5.28. The van der Waals surface area contributed by atoms with E-state index >= 15 is 0 Å². The summed E-state index contributed by atoms with van der Waals surface area (Å²) in [6, 6.07) is 9.77. The van der Waals surface area contributed by atoms with Gasteiger partial charge >= 0.3 is 0 Å². The molecule has 2 nitrogen and oxygen atoms in total. The summed E-state index contributed by atoms with van der Waals surface area (Å²) in [5.74, 6) is 0. The smallest absolute Gasteiger partial charge is 0.0561 e. The minimum Gasteiger partial charge on any atom is -0.378 e. The summed E-state index contributed by atoms with van der Waals surface area (Å²) in [5, 5.41) is 3.70. The number of hydrogen-bond acceptors (Lipinski definition) is 2. The average molecular weight is 345 g/mol. The molecule has 1 saturated heterocycles. The van der Waals surface area contributed by atoms with E-state index in [1.165, 1.54) is 9.13 Å². The van der Waals surface area contributed by atoms with Crippen molar-refractivity contribution >= 4 is 22.6 Å². The molecule has 0 saturated carbocycles. The van der Waals surface area contributed by atoms with Crippen molar-refractivity contribution in [3.8, 4) is 0 Å². The van der Waals surface area contributed by atoms with Gasteiger partial charge in [-0.2, -0.15) is 0 Å². The van der Waals surface area contributed by atoms with Gasteiger partial charge in [0.15, 0.2) is 0 Å². The van der Waals surface area contributed by atoms with Crippen LogP contribution in [0.25, 0.3) is 0 Å². The van der Waals surface area contributed by atoms with Crippen molar-refractivity contribution in [1.29, 1.82) is 0 Å². The number of halogens is 1. The van der Waals surface area contributed by atoms with Crippen molar-refractivity contribution in [2.24, 2.45) is 0 Å². The second-order valence-corrected chi connectivity index (χ2v) is 6.09. The lowest BCUT2D eigenvalue weighted by Crippen LogP contribution is -2.39. The van der Waals surface area contributed by atoms with Gasteiger partial charge in [-0.05, 0) is 67.0 Å². The normalized spacial score (nSPS) is 26.8. The second kappa shape index (κ2) is 6.16. The van der Waals surface area contributed by atoms with Gasteiger partial charge in [0, 0.05) is 22.3 Å². The highest BCUT2D eigenvalue weighted by Crippen LogP contribution is 2.19. The molecule has 0 amide bonds. The highest BCUT2D eigenvalue weighted by atomic mass is 127. The van der Waals surface area contributed by atoms with Gasteiger partial charge in [-0.15, -0.1) is 0 Å². The van der Waals surface area contributed by atoms with Crippen LogP contribution in [0, 0.1) is 3.57 Å². The Morgan fingerprint density at radius 3 is 2.71 bits per heavy atom. The zero-order valence-electron chi connectivity index (χ0n) is 10.4. The summed E-state index contributed by atoms with van der Waals surface area (Å²) in [5.41, 5.74) is 1.37. The Kier molecular flexibility index (Phi) is 4.82. The molecule has 1 N–H and O–H groups in total. The first kappa shape index (κ1) is 13.3. The largest absolute Gasteiger partial charge is 0.378 e. The van der Waals surface area contributed by atoms with E-state index in [1.807, 2.05) is 0 Å². The van der Waals surface area contributed by atoms with E-state index in [0.29, 0.717) is 18.2 Å². The quantitative estimate of drug-likeness (QED) is 0.847.